The minimum Gasteiger partial charge on any atom is -0.454 e. The monoisotopic (exact) mass is 354 g/mol. The maximum absolute atomic E-state index is 6.04. The second-order valence-corrected chi connectivity index (χ2v) is 7.30. The van der Waals surface area contributed by atoms with E-state index in [-0.39, 0.29) is 12.2 Å². The van der Waals surface area contributed by atoms with E-state index in [1.807, 2.05) is 19.9 Å². The van der Waals surface area contributed by atoms with Crippen LogP contribution in [0.1, 0.15) is 44.6 Å². The van der Waals surface area contributed by atoms with Gasteiger partial charge in [0.2, 0.25) is 6.79 Å². The molecule has 1 aliphatic carbocycles. The number of benzene rings is 1. The summed E-state index contributed by atoms with van der Waals surface area (Å²) >= 11 is 3.67. The van der Waals surface area contributed by atoms with Crippen LogP contribution in [0.3, 0.4) is 0 Å². The summed E-state index contributed by atoms with van der Waals surface area (Å²) in [6, 6.07) is 4.12. The van der Waals surface area contributed by atoms with Gasteiger partial charge in [-0.2, -0.15) is 0 Å². The smallest absolute Gasteiger partial charge is 0.231 e. The molecular formula is C16H19BrO4. The molecule has 1 saturated carbocycles. The Kier molecular flexibility index (Phi) is 3.21. The third-order valence-corrected chi connectivity index (χ3v) is 5.22. The average Bonchev–Trinajstić information content (AvgIpc) is 2.98. The molecule has 4 rings (SSSR count). The lowest BCUT2D eigenvalue weighted by atomic mass is 9.81. The zero-order valence-corrected chi connectivity index (χ0v) is 13.8. The number of hydrogen-bond donors (Lipinski definition) is 0. The molecule has 21 heavy (non-hydrogen) atoms. The Morgan fingerprint density at radius 1 is 1.05 bits per heavy atom. The van der Waals surface area contributed by atoms with E-state index >= 15 is 0 Å². The summed E-state index contributed by atoms with van der Waals surface area (Å²) in [5, 5.41) is 0. The van der Waals surface area contributed by atoms with Gasteiger partial charge in [-0.25, -0.2) is 0 Å². The average molecular weight is 355 g/mol. The Hall–Kier alpha value is -0.780. The number of rotatable bonds is 1. The fourth-order valence-electron chi connectivity index (χ4n) is 3.65. The van der Waals surface area contributed by atoms with Crippen molar-refractivity contribution in [2.75, 3.05) is 6.79 Å². The van der Waals surface area contributed by atoms with Gasteiger partial charge in [0.15, 0.2) is 17.3 Å². The Balaban J connectivity index is 1.58. The molecule has 3 atom stereocenters. The molecule has 0 aromatic heterocycles. The summed E-state index contributed by atoms with van der Waals surface area (Å²) in [7, 11) is 0. The van der Waals surface area contributed by atoms with Crippen molar-refractivity contribution in [3.05, 3.63) is 22.2 Å². The van der Waals surface area contributed by atoms with E-state index in [1.165, 1.54) is 5.56 Å². The third-order valence-electron chi connectivity index (χ3n) is 4.53. The molecule has 2 fully saturated rings. The number of ether oxygens (including phenoxy) is 4. The highest BCUT2D eigenvalue weighted by Crippen LogP contribution is 2.46. The van der Waals surface area contributed by atoms with Crippen molar-refractivity contribution in [3.63, 3.8) is 0 Å². The maximum Gasteiger partial charge on any atom is 0.231 e. The summed E-state index contributed by atoms with van der Waals surface area (Å²) in [5.41, 5.74) is 1.28. The van der Waals surface area contributed by atoms with Gasteiger partial charge in [-0.3, -0.25) is 0 Å². The largest absolute Gasteiger partial charge is 0.454 e. The van der Waals surface area contributed by atoms with Crippen molar-refractivity contribution in [3.8, 4) is 11.5 Å². The normalized spacial score (nSPS) is 33.0. The van der Waals surface area contributed by atoms with Gasteiger partial charge in [0.25, 0.3) is 0 Å². The van der Waals surface area contributed by atoms with Gasteiger partial charge in [-0.05, 0) is 56.7 Å². The molecule has 0 radical (unpaired) electrons. The molecule has 0 amide bonds. The molecule has 3 unspecified atom stereocenters. The molecule has 0 N–H and O–H groups in total. The number of fused-ring (bicyclic) bond motifs is 2. The lowest BCUT2D eigenvalue weighted by Gasteiger charge is -2.30. The molecule has 0 bridgehead atoms. The zero-order chi connectivity index (χ0) is 14.6. The first kappa shape index (κ1) is 13.9. The van der Waals surface area contributed by atoms with Crippen molar-refractivity contribution in [1.82, 2.24) is 0 Å². The topological polar surface area (TPSA) is 36.9 Å². The van der Waals surface area contributed by atoms with Gasteiger partial charge in [0.1, 0.15) is 0 Å². The van der Waals surface area contributed by atoms with Crippen LogP contribution in [-0.4, -0.2) is 24.8 Å². The molecule has 5 heteroatoms. The van der Waals surface area contributed by atoms with E-state index < -0.39 is 5.79 Å². The first-order valence-corrected chi connectivity index (χ1v) is 8.26. The van der Waals surface area contributed by atoms with E-state index in [9.17, 15) is 0 Å². The number of hydrogen-bond acceptors (Lipinski definition) is 4. The summed E-state index contributed by atoms with van der Waals surface area (Å²) in [6.07, 6.45) is 3.57. The van der Waals surface area contributed by atoms with Gasteiger partial charge < -0.3 is 18.9 Å². The van der Waals surface area contributed by atoms with Crippen molar-refractivity contribution >= 4 is 15.9 Å². The van der Waals surface area contributed by atoms with Crippen LogP contribution in [0.15, 0.2) is 16.6 Å². The van der Waals surface area contributed by atoms with Gasteiger partial charge in [-0.1, -0.05) is 15.9 Å². The first-order chi connectivity index (χ1) is 10.0. The van der Waals surface area contributed by atoms with Crippen LogP contribution in [0.25, 0.3) is 0 Å². The van der Waals surface area contributed by atoms with Crippen LogP contribution >= 0.6 is 15.9 Å². The predicted octanol–water partition coefficient (Wildman–Crippen LogP) is 3.97. The highest BCUT2D eigenvalue weighted by molar-refractivity contribution is 9.10. The minimum absolute atomic E-state index is 0.191. The Bertz CT molecular complexity index is 572. The summed E-state index contributed by atoms with van der Waals surface area (Å²) in [6.45, 7) is 4.30. The van der Waals surface area contributed by atoms with Crippen molar-refractivity contribution in [2.45, 2.75) is 57.0 Å². The highest BCUT2D eigenvalue weighted by atomic mass is 79.9. The molecule has 3 aliphatic rings. The molecule has 0 spiro atoms. The first-order valence-electron chi connectivity index (χ1n) is 7.46. The van der Waals surface area contributed by atoms with E-state index in [0.29, 0.717) is 12.7 Å². The van der Waals surface area contributed by atoms with E-state index in [2.05, 4.69) is 22.0 Å². The lowest BCUT2D eigenvalue weighted by molar-refractivity contribution is -0.145. The second kappa shape index (κ2) is 4.86. The zero-order valence-electron chi connectivity index (χ0n) is 12.2. The molecular weight excluding hydrogens is 336 g/mol. The summed E-state index contributed by atoms with van der Waals surface area (Å²) < 4.78 is 24.0. The maximum atomic E-state index is 6.04. The van der Waals surface area contributed by atoms with Crippen LogP contribution in [0.5, 0.6) is 11.5 Å². The fraction of sp³-hybridized carbons (Fsp3) is 0.625. The van der Waals surface area contributed by atoms with Crippen LogP contribution in [0, 0.1) is 0 Å². The Morgan fingerprint density at radius 3 is 2.57 bits per heavy atom. The molecule has 1 aromatic rings. The van der Waals surface area contributed by atoms with Crippen molar-refractivity contribution in [1.29, 1.82) is 0 Å². The van der Waals surface area contributed by atoms with E-state index in [1.54, 1.807) is 0 Å². The molecule has 114 valence electrons. The lowest BCUT2D eigenvalue weighted by Crippen LogP contribution is -2.30. The van der Waals surface area contributed by atoms with Crippen LogP contribution in [0.4, 0.5) is 0 Å². The van der Waals surface area contributed by atoms with Crippen LogP contribution < -0.4 is 9.47 Å². The second-order valence-electron chi connectivity index (χ2n) is 6.45. The molecule has 4 nitrogen and oxygen atoms in total. The molecule has 2 aliphatic heterocycles. The van der Waals surface area contributed by atoms with Crippen LogP contribution in [-0.2, 0) is 9.47 Å². The number of halogens is 1. The van der Waals surface area contributed by atoms with Crippen LogP contribution in [0.2, 0.25) is 0 Å². The molecule has 1 aromatic carbocycles. The third kappa shape index (κ3) is 2.45. The van der Waals surface area contributed by atoms with Gasteiger partial charge in [-0.15, -0.1) is 0 Å². The van der Waals surface area contributed by atoms with Gasteiger partial charge in [0.05, 0.1) is 12.2 Å². The predicted molar refractivity (Wildman–Crippen MR) is 80.7 cm³/mol. The summed E-state index contributed by atoms with van der Waals surface area (Å²) in [5.74, 6) is 1.68. The Morgan fingerprint density at radius 2 is 1.76 bits per heavy atom. The molecule has 1 saturated heterocycles. The Labute approximate surface area is 132 Å². The minimum atomic E-state index is -0.448. The van der Waals surface area contributed by atoms with Gasteiger partial charge >= 0.3 is 0 Å². The quantitative estimate of drug-likeness (QED) is 0.764. The standard InChI is InChI=1S/C16H19BrO4/c1-16(2)20-12-4-3-9(5-15(12)21-16)10-6-13-14(7-11(10)17)19-8-18-13/h6-7,9,12,15H,3-5,8H2,1-2H3. The van der Waals surface area contributed by atoms with E-state index in [4.69, 9.17) is 18.9 Å². The van der Waals surface area contributed by atoms with Crippen molar-refractivity contribution in [2.24, 2.45) is 0 Å². The highest BCUT2D eigenvalue weighted by Gasteiger charge is 2.45. The van der Waals surface area contributed by atoms with Crippen molar-refractivity contribution < 1.29 is 18.9 Å². The SMILES string of the molecule is CC1(C)OC2CCC(c3cc4c(cc3Br)OCO4)CC2O1. The van der Waals surface area contributed by atoms with Gasteiger partial charge in [0, 0.05) is 4.47 Å². The summed E-state index contributed by atoms with van der Waals surface area (Å²) in [4.78, 5) is 0. The molecule has 2 heterocycles. The van der Waals surface area contributed by atoms with E-state index in [0.717, 1.165) is 35.2 Å². The fourth-order valence-corrected chi connectivity index (χ4v) is 4.29.